The van der Waals surface area contributed by atoms with Crippen molar-refractivity contribution >= 4 is 33.3 Å². The Morgan fingerprint density at radius 1 is 1.26 bits per heavy atom. The summed E-state index contributed by atoms with van der Waals surface area (Å²) >= 11 is 6.01. The molecular weight excluding hydrogens is 400 g/mol. The minimum Gasteiger partial charge on any atom is -0.550 e. The molecule has 0 unspecified atom stereocenters. The van der Waals surface area contributed by atoms with E-state index in [0.29, 0.717) is 5.75 Å². The highest BCUT2D eigenvalue weighted by Gasteiger charge is 2.25. The molecule has 0 radical (unpaired) electrons. The van der Waals surface area contributed by atoms with Crippen molar-refractivity contribution in [3.8, 4) is 5.75 Å². The van der Waals surface area contributed by atoms with Gasteiger partial charge in [-0.3, -0.25) is 10.1 Å². The van der Waals surface area contributed by atoms with Crippen LogP contribution in [0.2, 0.25) is 5.02 Å². The number of carbonyl (C=O) groups is 1. The molecular formula is C16H14ClN2O7S-. The first-order chi connectivity index (χ1) is 12.6. The van der Waals surface area contributed by atoms with E-state index in [1.807, 2.05) is 0 Å². The Hall–Kier alpha value is -2.69. The van der Waals surface area contributed by atoms with Gasteiger partial charge in [0.2, 0.25) is 10.0 Å². The number of carboxylic acid groups (broad SMARTS) is 1. The summed E-state index contributed by atoms with van der Waals surface area (Å²) in [6.07, 6.45) is -0.768. The normalized spacial score (nSPS) is 12.4. The molecule has 0 saturated heterocycles. The zero-order chi connectivity index (χ0) is 20.2. The quantitative estimate of drug-likeness (QED) is 0.509. The number of aliphatic carboxylic acids is 1. The predicted octanol–water partition coefficient (Wildman–Crippen LogP) is 1.42. The van der Waals surface area contributed by atoms with Crippen LogP contribution < -0.4 is 14.6 Å². The number of nitro benzene ring substituents is 1. The monoisotopic (exact) mass is 413 g/mol. The fraction of sp³-hybridized carbons (Fsp3) is 0.188. The second kappa shape index (κ2) is 8.33. The first-order valence-electron chi connectivity index (χ1n) is 7.44. The summed E-state index contributed by atoms with van der Waals surface area (Å²) in [7, 11) is -2.73. The highest BCUT2D eigenvalue weighted by atomic mass is 35.5. The second-order valence-electron chi connectivity index (χ2n) is 5.39. The summed E-state index contributed by atoms with van der Waals surface area (Å²) in [4.78, 5) is 21.2. The number of carboxylic acids is 1. The summed E-state index contributed by atoms with van der Waals surface area (Å²) in [6, 6.07) is 7.35. The van der Waals surface area contributed by atoms with Crippen molar-refractivity contribution in [2.24, 2.45) is 0 Å². The summed E-state index contributed by atoms with van der Waals surface area (Å²) in [5, 5.41) is 22.0. The third-order valence-corrected chi connectivity index (χ3v) is 5.44. The van der Waals surface area contributed by atoms with Gasteiger partial charge in [0.1, 0.15) is 5.75 Å². The number of rotatable bonds is 8. The molecule has 2 aromatic rings. The molecule has 2 rings (SSSR count). The van der Waals surface area contributed by atoms with Crippen molar-refractivity contribution in [3.05, 3.63) is 63.2 Å². The Labute approximate surface area is 159 Å². The first kappa shape index (κ1) is 20.6. The van der Waals surface area contributed by atoms with Gasteiger partial charge < -0.3 is 14.6 Å². The average molecular weight is 414 g/mol. The molecule has 0 aliphatic rings. The van der Waals surface area contributed by atoms with Crippen LogP contribution in [0.5, 0.6) is 5.75 Å². The number of benzene rings is 2. The third kappa shape index (κ3) is 5.16. The van der Waals surface area contributed by atoms with Crippen LogP contribution in [0.3, 0.4) is 0 Å². The largest absolute Gasteiger partial charge is 0.550 e. The number of nitrogens with zero attached hydrogens (tertiary/aromatic N) is 1. The van der Waals surface area contributed by atoms with Crippen LogP contribution in [-0.2, 0) is 14.8 Å². The lowest BCUT2D eigenvalue weighted by atomic mass is 10.0. The summed E-state index contributed by atoms with van der Waals surface area (Å²) in [6.45, 7) is 0. The molecule has 1 atom stereocenters. The van der Waals surface area contributed by atoms with Gasteiger partial charge >= 0.3 is 0 Å². The molecule has 0 heterocycles. The molecule has 27 heavy (non-hydrogen) atoms. The Kier molecular flexibility index (Phi) is 6.37. The Morgan fingerprint density at radius 2 is 1.89 bits per heavy atom. The van der Waals surface area contributed by atoms with Crippen LogP contribution >= 0.6 is 11.6 Å². The summed E-state index contributed by atoms with van der Waals surface area (Å²) in [5.41, 5.74) is -0.409. The number of halogens is 1. The van der Waals surface area contributed by atoms with Gasteiger partial charge in [0.15, 0.2) is 0 Å². The zero-order valence-corrected chi connectivity index (χ0v) is 15.5. The minimum absolute atomic E-state index is 0.0238. The third-order valence-electron chi connectivity index (χ3n) is 3.60. The minimum atomic E-state index is -4.15. The van der Waals surface area contributed by atoms with Crippen molar-refractivity contribution in [1.82, 2.24) is 4.72 Å². The first-order valence-corrected chi connectivity index (χ1v) is 9.30. The number of nitro groups is 1. The highest BCUT2D eigenvalue weighted by Crippen LogP contribution is 2.30. The molecule has 2 aromatic carbocycles. The molecule has 0 amide bonds. The van der Waals surface area contributed by atoms with E-state index < -0.39 is 33.4 Å². The second-order valence-corrected chi connectivity index (χ2v) is 7.51. The molecule has 0 bridgehead atoms. The van der Waals surface area contributed by atoms with Gasteiger partial charge in [-0.05, 0) is 35.9 Å². The molecule has 0 aromatic heterocycles. The van der Waals surface area contributed by atoms with E-state index in [1.54, 1.807) is 0 Å². The molecule has 0 aliphatic carbocycles. The van der Waals surface area contributed by atoms with Crippen molar-refractivity contribution in [2.75, 3.05) is 7.11 Å². The maximum absolute atomic E-state index is 12.6. The summed E-state index contributed by atoms with van der Waals surface area (Å²) in [5.74, 6) is -1.12. The Balaban J connectivity index is 2.43. The van der Waals surface area contributed by atoms with Gasteiger partial charge in [-0.15, -0.1) is 0 Å². The van der Waals surface area contributed by atoms with Crippen LogP contribution in [0.4, 0.5) is 5.69 Å². The Morgan fingerprint density at radius 3 is 2.41 bits per heavy atom. The smallest absolute Gasteiger partial charge is 0.269 e. The van der Waals surface area contributed by atoms with E-state index in [1.165, 1.54) is 37.4 Å². The number of carbonyl (C=O) groups excluding carboxylic acids is 1. The molecule has 0 fully saturated rings. The van der Waals surface area contributed by atoms with E-state index >= 15 is 0 Å². The average Bonchev–Trinajstić information content (AvgIpc) is 2.60. The van der Waals surface area contributed by atoms with E-state index in [-0.39, 0.29) is 21.2 Å². The van der Waals surface area contributed by atoms with Gasteiger partial charge in [0.25, 0.3) is 5.69 Å². The van der Waals surface area contributed by atoms with Crippen molar-refractivity contribution in [2.45, 2.75) is 17.4 Å². The molecule has 11 heteroatoms. The van der Waals surface area contributed by atoms with E-state index in [9.17, 15) is 28.4 Å². The zero-order valence-electron chi connectivity index (χ0n) is 13.9. The van der Waals surface area contributed by atoms with Gasteiger partial charge in [-0.1, -0.05) is 11.6 Å². The molecule has 0 saturated carbocycles. The molecule has 0 aliphatic heterocycles. The highest BCUT2D eigenvalue weighted by molar-refractivity contribution is 7.89. The Bertz CT molecular complexity index is 961. The topological polar surface area (TPSA) is 139 Å². The number of non-ortho nitro benzene ring substituents is 1. The lowest BCUT2D eigenvalue weighted by Gasteiger charge is -2.21. The number of hydrogen-bond acceptors (Lipinski definition) is 7. The van der Waals surface area contributed by atoms with Crippen LogP contribution in [-0.4, -0.2) is 26.4 Å². The van der Waals surface area contributed by atoms with Crippen molar-refractivity contribution in [1.29, 1.82) is 0 Å². The van der Waals surface area contributed by atoms with Gasteiger partial charge in [-0.25, -0.2) is 13.1 Å². The van der Waals surface area contributed by atoms with Crippen LogP contribution in [0.15, 0.2) is 47.4 Å². The van der Waals surface area contributed by atoms with Gasteiger partial charge in [0, 0.05) is 29.5 Å². The lowest BCUT2D eigenvalue weighted by Crippen LogP contribution is -2.34. The fourth-order valence-electron chi connectivity index (χ4n) is 2.30. The number of sulfonamides is 1. The molecule has 144 valence electrons. The van der Waals surface area contributed by atoms with Crippen LogP contribution in [0.1, 0.15) is 18.0 Å². The summed E-state index contributed by atoms with van der Waals surface area (Å²) < 4.78 is 32.3. The number of nitrogens with one attached hydrogen (secondary N) is 1. The van der Waals surface area contributed by atoms with E-state index in [2.05, 4.69) is 4.72 Å². The number of methoxy groups -OCH3 is 1. The maximum atomic E-state index is 12.6. The van der Waals surface area contributed by atoms with E-state index in [4.69, 9.17) is 16.3 Å². The molecule has 0 spiro atoms. The molecule has 1 N–H and O–H groups in total. The van der Waals surface area contributed by atoms with Crippen molar-refractivity contribution in [3.63, 3.8) is 0 Å². The standard InChI is InChI=1S/C16H15ClN2O7S/c1-26-11-3-5-12(6-4-11)27(24,25)18-15(9-16(20)21)13-8-10(19(22)23)2-7-14(13)17/h2-8,15,18H,9H2,1H3,(H,20,21)/p-1/t15-/m1/s1. The maximum Gasteiger partial charge on any atom is 0.269 e. The van der Waals surface area contributed by atoms with Crippen LogP contribution in [0.25, 0.3) is 0 Å². The van der Waals surface area contributed by atoms with Crippen LogP contribution in [0, 0.1) is 10.1 Å². The fourth-order valence-corrected chi connectivity index (χ4v) is 3.77. The SMILES string of the molecule is COc1ccc(S(=O)(=O)N[C@H](CC(=O)[O-])c2cc([N+](=O)[O-])ccc2Cl)cc1. The van der Waals surface area contributed by atoms with E-state index in [0.717, 1.165) is 12.1 Å². The van der Waals surface area contributed by atoms with Crippen molar-refractivity contribution < 1.29 is 28.0 Å². The number of hydrogen-bond donors (Lipinski definition) is 1. The molecule has 9 nitrogen and oxygen atoms in total. The van der Waals surface area contributed by atoms with Gasteiger partial charge in [-0.2, -0.15) is 0 Å². The van der Waals surface area contributed by atoms with Gasteiger partial charge in [0.05, 0.1) is 23.0 Å². The lowest BCUT2D eigenvalue weighted by molar-refractivity contribution is -0.385. The number of ether oxygens (including phenoxy) is 1. The predicted molar refractivity (Wildman–Crippen MR) is 93.8 cm³/mol.